The van der Waals surface area contributed by atoms with Gasteiger partial charge in [0.05, 0.1) is 0 Å². The summed E-state index contributed by atoms with van der Waals surface area (Å²) in [6.45, 7) is -1.05. The van der Waals surface area contributed by atoms with Gasteiger partial charge in [-0.2, -0.15) is 0 Å². The molecule has 0 amide bonds. The summed E-state index contributed by atoms with van der Waals surface area (Å²) < 4.78 is 67.4. The molecule has 0 radical (unpaired) electrons. The Kier molecular flexibility index (Phi) is 3.68. The first-order valence-electron chi connectivity index (χ1n) is 3.99. The van der Waals surface area contributed by atoms with E-state index in [1.807, 2.05) is 0 Å². The molecule has 1 rings (SSSR count). The molecule has 0 saturated carbocycles. The fourth-order valence-electron chi connectivity index (χ4n) is 0.910. The number of nitrogens with zero attached hydrogens (tertiary/aromatic N) is 1. The number of rotatable bonds is 4. The quantitative estimate of drug-likeness (QED) is 0.829. The normalized spacial score (nSPS) is 12.2. The minimum Gasteiger partial charge on any atom is -0.422 e. The minimum atomic E-state index is -4.86. The van der Waals surface area contributed by atoms with Crippen LogP contribution in [0.3, 0.4) is 0 Å². The molecule has 92 valence electrons. The molecular formula is C7H7F5N2O2. The van der Waals surface area contributed by atoms with Gasteiger partial charge in [0.1, 0.15) is 6.61 Å². The molecule has 0 bridgehead atoms. The average Bonchev–Trinajstić information content (AvgIpc) is 2.56. The van der Waals surface area contributed by atoms with E-state index in [-0.39, 0.29) is 5.88 Å². The Labute approximate surface area is 86.4 Å². The molecule has 0 aliphatic heterocycles. The second kappa shape index (κ2) is 4.64. The van der Waals surface area contributed by atoms with Crippen LogP contribution in [0.2, 0.25) is 0 Å². The predicted octanol–water partition coefficient (Wildman–Crippen LogP) is 2.69. The molecule has 0 aliphatic rings. The zero-order valence-corrected chi connectivity index (χ0v) is 7.94. The summed E-state index contributed by atoms with van der Waals surface area (Å²) in [6.07, 6.45) is -7.80. The van der Waals surface area contributed by atoms with Gasteiger partial charge < -0.3 is 9.73 Å². The number of aromatic nitrogens is 1. The van der Waals surface area contributed by atoms with E-state index in [4.69, 9.17) is 0 Å². The Morgan fingerprint density at radius 1 is 1.44 bits per heavy atom. The summed E-state index contributed by atoms with van der Waals surface area (Å²) in [7, 11) is 1.28. The highest BCUT2D eigenvalue weighted by Crippen LogP contribution is 2.28. The molecule has 1 aromatic heterocycles. The van der Waals surface area contributed by atoms with Gasteiger partial charge in [-0.05, 0) is 0 Å². The summed E-state index contributed by atoms with van der Waals surface area (Å²) in [4.78, 5) is 3.18. The van der Waals surface area contributed by atoms with E-state index in [1.54, 1.807) is 0 Å². The highest BCUT2D eigenvalue weighted by atomic mass is 19.4. The van der Waals surface area contributed by atoms with E-state index in [9.17, 15) is 22.0 Å². The lowest BCUT2D eigenvalue weighted by atomic mass is 10.4. The van der Waals surface area contributed by atoms with Gasteiger partial charge in [0.25, 0.3) is 6.43 Å². The second-order valence-corrected chi connectivity index (χ2v) is 2.61. The van der Waals surface area contributed by atoms with Crippen LogP contribution in [0.25, 0.3) is 0 Å². The molecule has 0 spiro atoms. The molecule has 0 atom stereocenters. The zero-order valence-electron chi connectivity index (χ0n) is 7.94. The molecule has 0 aromatic carbocycles. The van der Waals surface area contributed by atoms with Gasteiger partial charge in [-0.25, -0.2) is 13.8 Å². The van der Waals surface area contributed by atoms with E-state index in [0.29, 0.717) is 0 Å². The average molecular weight is 246 g/mol. The van der Waals surface area contributed by atoms with Crippen molar-refractivity contribution in [2.45, 2.75) is 19.4 Å². The van der Waals surface area contributed by atoms with Gasteiger partial charge in [0, 0.05) is 7.05 Å². The Hall–Kier alpha value is -1.38. The summed E-state index contributed by atoms with van der Waals surface area (Å²) in [5.74, 6) is -0.951. The first kappa shape index (κ1) is 12.7. The third-order valence-corrected chi connectivity index (χ3v) is 1.49. The zero-order chi connectivity index (χ0) is 12.3. The molecule has 0 saturated heterocycles. The van der Waals surface area contributed by atoms with Crippen LogP contribution in [0, 0.1) is 0 Å². The van der Waals surface area contributed by atoms with E-state index >= 15 is 0 Å². The lowest BCUT2D eigenvalue weighted by molar-refractivity contribution is -0.332. The third-order valence-electron chi connectivity index (χ3n) is 1.49. The summed E-state index contributed by atoms with van der Waals surface area (Å²) in [5.41, 5.74) is -0.747. The van der Waals surface area contributed by atoms with Crippen LogP contribution < -0.4 is 5.32 Å². The van der Waals surface area contributed by atoms with Gasteiger partial charge >= 0.3 is 6.36 Å². The van der Waals surface area contributed by atoms with Crippen molar-refractivity contribution in [2.24, 2.45) is 0 Å². The standard InChI is InChI=1S/C7H7F5N2O2/c1-13-6-4(5(8)9)14-3(16-6)2-15-7(10,11)12/h5,13H,2H2,1H3. The minimum absolute atomic E-state index is 0.379. The molecule has 1 aromatic rings. The van der Waals surface area contributed by atoms with Gasteiger partial charge in [-0.1, -0.05) is 0 Å². The maximum atomic E-state index is 12.3. The lowest BCUT2D eigenvalue weighted by Gasteiger charge is -2.03. The number of alkyl halides is 5. The van der Waals surface area contributed by atoms with Gasteiger partial charge in [0.2, 0.25) is 11.8 Å². The molecule has 16 heavy (non-hydrogen) atoms. The SMILES string of the molecule is CNc1oc(COC(F)(F)F)nc1C(F)F. The Bertz CT molecular complexity index is 349. The van der Waals surface area contributed by atoms with Crippen molar-refractivity contribution in [3.63, 3.8) is 0 Å². The number of oxazole rings is 1. The predicted molar refractivity (Wildman–Crippen MR) is 41.9 cm³/mol. The number of ether oxygens (including phenoxy) is 1. The summed E-state index contributed by atoms with van der Waals surface area (Å²) >= 11 is 0. The third kappa shape index (κ3) is 3.33. The number of anilines is 1. The van der Waals surface area contributed by atoms with Crippen molar-refractivity contribution in [2.75, 3.05) is 12.4 Å². The van der Waals surface area contributed by atoms with Gasteiger partial charge in [0.15, 0.2) is 5.69 Å². The van der Waals surface area contributed by atoms with Crippen molar-refractivity contribution in [1.82, 2.24) is 4.98 Å². The second-order valence-electron chi connectivity index (χ2n) is 2.61. The molecule has 0 unspecified atom stereocenters. The number of hydrogen-bond donors (Lipinski definition) is 1. The Morgan fingerprint density at radius 3 is 2.44 bits per heavy atom. The maximum absolute atomic E-state index is 12.3. The lowest BCUT2D eigenvalue weighted by Crippen LogP contribution is -2.13. The number of nitrogens with one attached hydrogen (secondary N) is 1. The number of halogens is 5. The number of hydrogen-bond acceptors (Lipinski definition) is 4. The van der Waals surface area contributed by atoms with Crippen molar-refractivity contribution in [3.8, 4) is 0 Å². The Balaban J connectivity index is 2.75. The smallest absolute Gasteiger partial charge is 0.422 e. The molecule has 0 fully saturated rings. The van der Waals surface area contributed by atoms with Crippen LogP contribution >= 0.6 is 0 Å². The molecule has 9 heteroatoms. The van der Waals surface area contributed by atoms with Crippen LogP contribution in [0.4, 0.5) is 27.8 Å². The van der Waals surface area contributed by atoms with E-state index in [2.05, 4.69) is 19.5 Å². The topological polar surface area (TPSA) is 47.3 Å². The van der Waals surface area contributed by atoms with Crippen LogP contribution in [0.5, 0.6) is 0 Å². The Morgan fingerprint density at radius 2 is 2.06 bits per heavy atom. The van der Waals surface area contributed by atoms with E-state index < -0.39 is 31.0 Å². The monoisotopic (exact) mass is 246 g/mol. The van der Waals surface area contributed by atoms with Crippen molar-refractivity contribution < 1.29 is 31.1 Å². The van der Waals surface area contributed by atoms with Crippen LogP contribution in [-0.2, 0) is 11.3 Å². The first-order chi connectivity index (χ1) is 7.33. The van der Waals surface area contributed by atoms with Crippen molar-refractivity contribution >= 4 is 5.88 Å². The van der Waals surface area contributed by atoms with Crippen molar-refractivity contribution in [1.29, 1.82) is 0 Å². The highest BCUT2D eigenvalue weighted by molar-refractivity contribution is 5.37. The summed E-state index contributed by atoms with van der Waals surface area (Å²) in [6, 6.07) is 0. The first-order valence-corrected chi connectivity index (χ1v) is 3.99. The molecule has 1 N–H and O–H groups in total. The van der Waals surface area contributed by atoms with Crippen LogP contribution in [-0.4, -0.2) is 18.4 Å². The van der Waals surface area contributed by atoms with Crippen molar-refractivity contribution in [3.05, 3.63) is 11.6 Å². The largest absolute Gasteiger partial charge is 0.523 e. The molecule has 0 aliphatic carbocycles. The highest BCUT2D eigenvalue weighted by Gasteiger charge is 2.30. The van der Waals surface area contributed by atoms with E-state index in [1.165, 1.54) is 7.05 Å². The summed E-state index contributed by atoms with van der Waals surface area (Å²) in [5, 5.41) is 2.25. The molecule has 4 nitrogen and oxygen atoms in total. The van der Waals surface area contributed by atoms with Crippen LogP contribution in [0.1, 0.15) is 18.0 Å². The molecule has 1 heterocycles. The molecular weight excluding hydrogens is 239 g/mol. The fourth-order valence-corrected chi connectivity index (χ4v) is 0.910. The maximum Gasteiger partial charge on any atom is 0.523 e. The van der Waals surface area contributed by atoms with Gasteiger partial charge in [-0.15, -0.1) is 13.2 Å². The van der Waals surface area contributed by atoms with Gasteiger partial charge in [-0.3, -0.25) is 4.74 Å². The van der Waals surface area contributed by atoms with Crippen LogP contribution in [0.15, 0.2) is 4.42 Å². The fraction of sp³-hybridized carbons (Fsp3) is 0.571. The van der Waals surface area contributed by atoms with E-state index in [0.717, 1.165) is 0 Å².